The zero-order valence-electron chi connectivity index (χ0n) is 16.8. The summed E-state index contributed by atoms with van der Waals surface area (Å²) >= 11 is 12.2. The molecule has 0 bridgehead atoms. The van der Waals surface area contributed by atoms with Crippen molar-refractivity contribution in [2.45, 2.75) is 11.5 Å². The van der Waals surface area contributed by atoms with Gasteiger partial charge in [-0.05, 0) is 42.0 Å². The summed E-state index contributed by atoms with van der Waals surface area (Å²) in [5.41, 5.74) is 1.89. The maximum atomic E-state index is 12.8. The van der Waals surface area contributed by atoms with Crippen LogP contribution in [0, 0.1) is 0 Å². The number of rotatable bonds is 6. The summed E-state index contributed by atoms with van der Waals surface area (Å²) in [6, 6.07) is 18.5. The Morgan fingerprint density at radius 2 is 1.71 bits per heavy atom. The van der Waals surface area contributed by atoms with Gasteiger partial charge in [0.1, 0.15) is 5.76 Å². The summed E-state index contributed by atoms with van der Waals surface area (Å²) in [6.45, 7) is 2.64. The van der Waals surface area contributed by atoms with Gasteiger partial charge in [0.15, 0.2) is 5.76 Å². The molecule has 4 rings (SSSR count). The van der Waals surface area contributed by atoms with E-state index in [1.54, 1.807) is 23.1 Å². The number of halogens is 2. The maximum Gasteiger partial charge on any atom is 0.289 e. The Morgan fingerprint density at radius 1 is 0.935 bits per heavy atom. The number of piperazine rings is 1. The number of carbonyl (C=O) groups is 1. The number of nitrogens with zero attached hydrogens (tertiary/aromatic N) is 2. The summed E-state index contributed by atoms with van der Waals surface area (Å²) in [7, 11) is -1.19. The highest BCUT2D eigenvalue weighted by molar-refractivity contribution is 7.83. The highest BCUT2D eigenvalue weighted by Gasteiger charge is 2.24. The van der Waals surface area contributed by atoms with Crippen LogP contribution in [0.4, 0.5) is 5.69 Å². The summed E-state index contributed by atoms with van der Waals surface area (Å²) in [5.74, 6) is 1.25. The van der Waals surface area contributed by atoms with Crippen LogP contribution in [0.1, 0.15) is 21.9 Å². The molecule has 0 N–H and O–H groups in total. The van der Waals surface area contributed by atoms with E-state index < -0.39 is 10.8 Å². The van der Waals surface area contributed by atoms with Crippen molar-refractivity contribution in [2.75, 3.05) is 31.1 Å². The summed E-state index contributed by atoms with van der Waals surface area (Å²) in [4.78, 5) is 16.8. The molecule has 3 aromatic rings. The molecule has 5 nitrogen and oxygen atoms in total. The molecule has 1 aromatic heterocycles. The molecule has 0 aliphatic carbocycles. The fourth-order valence-corrected chi connectivity index (χ4v) is 5.20. The molecule has 0 saturated carbocycles. The molecule has 1 aliphatic rings. The highest BCUT2D eigenvalue weighted by atomic mass is 35.5. The molecular formula is C23H22Cl2N2O3S. The Kier molecular flexibility index (Phi) is 7.00. The van der Waals surface area contributed by atoms with E-state index in [4.69, 9.17) is 27.6 Å². The number of hydrogen-bond donors (Lipinski definition) is 0. The zero-order valence-corrected chi connectivity index (χ0v) is 19.1. The second kappa shape index (κ2) is 9.90. The van der Waals surface area contributed by atoms with Crippen LogP contribution in [0.5, 0.6) is 0 Å². The third-order valence-electron chi connectivity index (χ3n) is 5.19. The largest absolute Gasteiger partial charge is 0.455 e. The van der Waals surface area contributed by atoms with Gasteiger partial charge >= 0.3 is 0 Å². The van der Waals surface area contributed by atoms with Gasteiger partial charge in [-0.25, -0.2) is 0 Å². The van der Waals surface area contributed by atoms with E-state index in [9.17, 15) is 9.00 Å². The molecule has 1 fully saturated rings. The maximum absolute atomic E-state index is 12.8. The quantitative estimate of drug-likeness (QED) is 0.502. The van der Waals surface area contributed by atoms with Crippen LogP contribution in [0.2, 0.25) is 10.0 Å². The van der Waals surface area contributed by atoms with Gasteiger partial charge in [0.05, 0.1) is 11.5 Å². The number of carbonyl (C=O) groups excluding carboxylic acids is 1. The van der Waals surface area contributed by atoms with Gasteiger partial charge < -0.3 is 14.2 Å². The van der Waals surface area contributed by atoms with E-state index in [0.29, 0.717) is 34.6 Å². The average Bonchev–Trinajstić information content (AvgIpc) is 3.23. The minimum absolute atomic E-state index is 0.145. The van der Waals surface area contributed by atoms with Crippen molar-refractivity contribution < 1.29 is 13.4 Å². The molecule has 0 spiro atoms. The van der Waals surface area contributed by atoms with Crippen molar-refractivity contribution in [3.05, 3.63) is 87.8 Å². The van der Waals surface area contributed by atoms with Gasteiger partial charge in [0, 0.05) is 52.7 Å². The summed E-state index contributed by atoms with van der Waals surface area (Å²) < 4.78 is 18.2. The number of furan rings is 1. The lowest BCUT2D eigenvalue weighted by Gasteiger charge is -2.35. The first-order chi connectivity index (χ1) is 15.0. The summed E-state index contributed by atoms with van der Waals surface area (Å²) in [6.07, 6.45) is 0. The van der Waals surface area contributed by atoms with E-state index in [1.165, 1.54) is 0 Å². The minimum atomic E-state index is -1.19. The van der Waals surface area contributed by atoms with Crippen LogP contribution in [0.15, 0.2) is 65.1 Å². The Morgan fingerprint density at radius 3 is 2.45 bits per heavy atom. The molecule has 1 aliphatic heterocycles. The molecule has 1 atom stereocenters. The van der Waals surface area contributed by atoms with Crippen molar-refractivity contribution in [1.29, 1.82) is 0 Å². The van der Waals surface area contributed by atoms with E-state index in [1.807, 2.05) is 42.5 Å². The lowest BCUT2D eigenvalue weighted by molar-refractivity contribution is 0.0713. The first kappa shape index (κ1) is 21.9. The van der Waals surface area contributed by atoms with Gasteiger partial charge in [-0.2, -0.15) is 0 Å². The molecule has 2 aromatic carbocycles. The van der Waals surface area contributed by atoms with E-state index in [0.717, 1.165) is 24.3 Å². The number of hydrogen-bond acceptors (Lipinski definition) is 4. The van der Waals surface area contributed by atoms with Crippen molar-refractivity contribution in [3.63, 3.8) is 0 Å². The van der Waals surface area contributed by atoms with Crippen LogP contribution in [-0.2, 0) is 22.3 Å². The fourth-order valence-electron chi connectivity index (χ4n) is 3.57. The topological polar surface area (TPSA) is 53.8 Å². The van der Waals surface area contributed by atoms with Crippen LogP contribution >= 0.6 is 23.2 Å². The normalized spacial score (nSPS) is 15.2. The second-order valence-electron chi connectivity index (χ2n) is 7.34. The first-order valence-corrected chi connectivity index (χ1v) is 12.2. The minimum Gasteiger partial charge on any atom is -0.455 e. The van der Waals surface area contributed by atoms with Crippen molar-refractivity contribution in [1.82, 2.24) is 4.90 Å². The molecular weight excluding hydrogens is 455 g/mol. The van der Waals surface area contributed by atoms with Crippen molar-refractivity contribution in [2.24, 2.45) is 0 Å². The molecule has 8 heteroatoms. The highest BCUT2D eigenvalue weighted by Crippen LogP contribution is 2.22. The van der Waals surface area contributed by atoms with Crippen LogP contribution in [0.25, 0.3) is 0 Å². The van der Waals surface area contributed by atoms with Gasteiger partial charge in [0.25, 0.3) is 5.91 Å². The van der Waals surface area contributed by atoms with Crippen LogP contribution in [0.3, 0.4) is 0 Å². The predicted molar refractivity (Wildman–Crippen MR) is 125 cm³/mol. The molecule has 31 heavy (non-hydrogen) atoms. The number of amides is 1. The second-order valence-corrected chi connectivity index (χ2v) is 9.65. The number of anilines is 1. The monoisotopic (exact) mass is 476 g/mol. The zero-order chi connectivity index (χ0) is 21.8. The predicted octanol–water partition coefficient (Wildman–Crippen LogP) is 5.00. The molecule has 0 radical (unpaired) electrons. The third kappa shape index (κ3) is 5.50. The molecule has 162 valence electrons. The molecule has 2 heterocycles. The van der Waals surface area contributed by atoms with Gasteiger partial charge in [-0.3, -0.25) is 9.00 Å². The van der Waals surface area contributed by atoms with E-state index in [2.05, 4.69) is 4.90 Å². The Balaban J connectivity index is 1.32. The Bertz CT molecular complexity index is 1090. The van der Waals surface area contributed by atoms with Gasteiger partial charge in [-0.1, -0.05) is 47.5 Å². The van der Waals surface area contributed by atoms with E-state index in [-0.39, 0.29) is 17.4 Å². The Hall–Kier alpha value is -2.28. The SMILES string of the molecule is O=C(c1ccc(C[S@](=O)Cc2ccccc2Cl)o1)N1CCN(c2cccc(Cl)c2)CC1. The molecule has 1 amide bonds. The Labute approximate surface area is 194 Å². The van der Waals surface area contributed by atoms with Crippen LogP contribution < -0.4 is 4.90 Å². The van der Waals surface area contributed by atoms with Gasteiger partial charge in [-0.15, -0.1) is 0 Å². The standard InChI is InChI=1S/C23H22Cl2N2O3S/c24-18-5-3-6-19(14-18)26-10-12-27(13-11-26)23(28)22-9-8-20(30-22)16-31(29)15-17-4-1-2-7-21(17)25/h1-9,14H,10-13,15-16H2/t31-/m1/s1. The lowest BCUT2D eigenvalue weighted by atomic mass is 10.2. The summed E-state index contributed by atoms with van der Waals surface area (Å²) in [5, 5.41) is 1.30. The first-order valence-electron chi connectivity index (χ1n) is 9.96. The average molecular weight is 477 g/mol. The lowest BCUT2D eigenvalue weighted by Crippen LogP contribution is -2.48. The third-order valence-corrected chi connectivity index (χ3v) is 7.03. The molecule has 1 saturated heterocycles. The fraction of sp³-hybridized carbons (Fsp3) is 0.261. The van der Waals surface area contributed by atoms with Crippen molar-refractivity contribution >= 4 is 45.6 Å². The van der Waals surface area contributed by atoms with Crippen LogP contribution in [-0.4, -0.2) is 41.2 Å². The van der Waals surface area contributed by atoms with Gasteiger partial charge in [0.2, 0.25) is 0 Å². The smallest absolute Gasteiger partial charge is 0.289 e. The number of benzene rings is 2. The van der Waals surface area contributed by atoms with Crippen molar-refractivity contribution in [3.8, 4) is 0 Å². The molecule has 0 unspecified atom stereocenters. The van der Waals surface area contributed by atoms with E-state index >= 15 is 0 Å².